The smallest absolute Gasteiger partial charge is 0.0362 e. The molecule has 0 fully saturated rings. The van der Waals surface area contributed by atoms with Crippen molar-refractivity contribution in [2.45, 2.75) is 40.3 Å². The molecule has 0 aliphatic carbocycles. The van der Waals surface area contributed by atoms with Gasteiger partial charge in [0.15, 0.2) is 0 Å². The van der Waals surface area contributed by atoms with E-state index >= 15 is 0 Å². The average molecular weight is 280 g/mol. The average Bonchev–Trinajstić information content (AvgIpc) is 2.46. The lowest BCUT2D eigenvalue weighted by Crippen LogP contribution is -2.31. The molecule has 0 amide bonds. The highest BCUT2D eigenvalue weighted by atomic mass is 15.1. The van der Waals surface area contributed by atoms with Crippen molar-refractivity contribution in [2.75, 3.05) is 12.3 Å². The van der Waals surface area contributed by atoms with Crippen LogP contribution in [0.25, 0.3) is 0 Å². The second-order valence-corrected chi connectivity index (χ2v) is 6.31. The number of nitrogen functional groups attached to an aromatic ring is 1. The second-order valence-electron chi connectivity index (χ2n) is 6.31. The van der Waals surface area contributed by atoms with E-state index in [0.29, 0.717) is 0 Å². The first-order valence-corrected chi connectivity index (χ1v) is 7.70. The Morgan fingerprint density at radius 1 is 1.05 bits per heavy atom. The van der Waals surface area contributed by atoms with E-state index in [-0.39, 0.29) is 0 Å². The molecular formula is C19H24N2. The summed E-state index contributed by atoms with van der Waals surface area (Å²) in [4.78, 5) is 2.51. The first kappa shape index (κ1) is 14.2. The zero-order chi connectivity index (χ0) is 15.0. The molecule has 2 nitrogen and oxygen atoms in total. The van der Waals surface area contributed by atoms with Crippen molar-refractivity contribution in [2.24, 2.45) is 0 Å². The molecule has 0 radical (unpaired) electrons. The number of benzene rings is 2. The summed E-state index contributed by atoms with van der Waals surface area (Å²) in [6.07, 6.45) is 1.10. The number of hydrogen-bond donors (Lipinski definition) is 1. The van der Waals surface area contributed by atoms with Gasteiger partial charge >= 0.3 is 0 Å². The summed E-state index contributed by atoms with van der Waals surface area (Å²) in [7, 11) is 0. The van der Waals surface area contributed by atoms with Crippen molar-refractivity contribution < 1.29 is 0 Å². The van der Waals surface area contributed by atoms with Crippen LogP contribution >= 0.6 is 0 Å². The van der Waals surface area contributed by atoms with Crippen LogP contribution in [-0.4, -0.2) is 11.4 Å². The Bertz CT molecular complexity index is 674. The molecule has 1 heterocycles. The highest BCUT2D eigenvalue weighted by Gasteiger charge is 2.18. The van der Waals surface area contributed by atoms with Crippen LogP contribution < -0.4 is 5.73 Å². The summed E-state index contributed by atoms with van der Waals surface area (Å²) in [5.41, 5.74) is 15.4. The van der Waals surface area contributed by atoms with E-state index in [9.17, 15) is 0 Å². The van der Waals surface area contributed by atoms with Crippen LogP contribution in [0.1, 0.15) is 33.4 Å². The van der Waals surface area contributed by atoms with Crippen molar-refractivity contribution >= 4 is 5.69 Å². The Kier molecular flexibility index (Phi) is 3.73. The number of nitrogens with zero attached hydrogens (tertiary/aromatic N) is 1. The molecule has 2 N–H and O–H groups in total. The van der Waals surface area contributed by atoms with Gasteiger partial charge in [-0.05, 0) is 66.6 Å². The highest BCUT2D eigenvalue weighted by molar-refractivity contribution is 5.51. The summed E-state index contributed by atoms with van der Waals surface area (Å²) < 4.78 is 0. The van der Waals surface area contributed by atoms with Gasteiger partial charge in [0.2, 0.25) is 0 Å². The first-order valence-electron chi connectivity index (χ1n) is 7.70. The van der Waals surface area contributed by atoms with Gasteiger partial charge in [0.05, 0.1) is 0 Å². The van der Waals surface area contributed by atoms with Crippen molar-refractivity contribution in [1.82, 2.24) is 4.90 Å². The van der Waals surface area contributed by atoms with Crippen molar-refractivity contribution in [3.05, 3.63) is 63.7 Å². The van der Waals surface area contributed by atoms with Crippen LogP contribution in [0, 0.1) is 20.8 Å². The maximum absolute atomic E-state index is 6.14. The second kappa shape index (κ2) is 5.53. The largest absolute Gasteiger partial charge is 0.398 e. The molecule has 2 aromatic rings. The number of rotatable bonds is 2. The predicted molar refractivity (Wildman–Crippen MR) is 89.3 cm³/mol. The van der Waals surface area contributed by atoms with E-state index in [1.807, 2.05) is 6.07 Å². The standard InChI is InChI=1S/C19H24N2/c1-13-9-15(3)17(10-14(13)2)11-21-8-7-16-5-4-6-19(20)18(16)12-21/h4-6,9-10H,7-8,11-12,20H2,1-3H3. The van der Waals surface area contributed by atoms with Gasteiger partial charge in [0.1, 0.15) is 0 Å². The lowest BCUT2D eigenvalue weighted by molar-refractivity contribution is 0.245. The number of fused-ring (bicyclic) bond motifs is 1. The van der Waals surface area contributed by atoms with Gasteiger partial charge in [0.25, 0.3) is 0 Å². The molecule has 2 aromatic carbocycles. The monoisotopic (exact) mass is 280 g/mol. The summed E-state index contributed by atoms with van der Waals surface area (Å²) in [6.45, 7) is 9.69. The summed E-state index contributed by atoms with van der Waals surface area (Å²) in [5.74, 6) is 0. The molecule has 3 rings (SSSR count). The fraction of sp³-hybridized carbons (Fsp3) is 0.368. The molecule has 0 saturated heterocycles. The molecule has 110 valence electrons. The molecule has 2 heteroatoms. The molecule has 21 heavy (non-hydrogen) atoms. The fourth-order valence-electron chi connectivity index (χ4n) is 3.23. The van der Waals surface area contributed by atoms with E-state index in [1.54, 1.807) is 0 Å². The number of aryl methyl sites for hydroxylation is 3. The van der Waals surface area contributed by atoms with Crippen LogP contribution in [0.2, 0.25) is 0 Å². The van der Waals surface area contributed by atoms with Crippen LogP contribution in [0.4, 0.5) is 5.69 Å². The maximum atomic E-state index is 6.14. The summed E-state index contributed by atoms with van der Waals surface area (Å²) in [6, 6.07) is 10.9. The minimum absolute atomic E-state index is 0.939. The zero-order valence-electron chi connectivity index (χ0n) is 13.2. The van der Waals surface area contributed by atoms with Crippen LogP contribution in [0.3, 0.4) is 0 Å². The van der Waals surface area contributed by atoms with E-state index in [4.69, 9.17) is 5.73 Å². The van der Waals surface area contributed by atoms with Crippen molar-refractivity contribution in [3.8, 4) is 0 Å². The molecule has 1 aliphatic heterocycles. The highest BCUT2D eigenvalue weighted by Crippen LogP contribution is 2.26. The van der Waals surface area contributed by atoms with Gasteiger partial charge in [-0.3, -0.25) is 4.90 Å². The third kappa shape index (κ3) is 2.81. The number of hydrogen-bond acceptors (Lipinski definition) is 2. The Morgan fingerprint density at radius 2 is 1.81 bits per heavy atom. The van der Waals surface area contributed by atoms with Crippen LogP contribution in [0.5, 0.6) is 0 Å². The minimum Gasteiger partial charge on any atom is -0.398 e. The normalized spacial score (nSPS) is 15.0. The topological polar surface area (TPSA) is 29.3 Å². The maximum Gasteiger partial charge on any atom is 0.0362 e. The molecule has 0 aromatic heterocycles. The lowest BCUT2D eigenvalue weighted by Gasteiger charge is -2.30. The molecule has 0 saturated carbocycles. The van der Waals surface area contributed by atoms with Gasteiger partial charge in [0, 0.05) is 25.3 Å². The molecular weight excluding hydrogens is 256 g/mol. The molecule has 0 atom stereocenters. The minimum atomic E-state index is 0.939. The fourth-order valence-corrected chi connectivity index (χ4v) is 3.23. The molecule has 0 spiro atoms. The van der Waals surface area contributed by atoms with Gasteiger partial charge in [-0.25, -0.2) is 0 Å². The first-order chi connectivity index (χ1) is 10.0. The Labute approximate surface area is 127 Å². The SMILES string of the molecule is Cc1cc(C)c(CN2CCc3cccc(N)c3C2)cc1C. The van der Waals surface area contributed by atoms with E-state index in [1.165, 1.54) is 33.4 Å². The van der Waals surface area contributed by atoms with Gasteiger partial charge in [-0.1, -0.05) is 24.3 Å². The van der Waals surface area contributed by atoms with E-state index in [0.717, 1.165) is 31.7 Å². The van der Waals surface area contributed by atoms with E-state index in [2.05, 4.69) is 49.9 Å². The molecule has 0 unspecified atom stereocenters. The summed E-state index contributed by atoms with van der Waals surface area (Å²) in [5, 5.41) is 0. The molecule has 1 aliphatic rings. The Morgan fingerprint density at radius 3 is 2.62 bits per heavy atom. The van der Waals surface area contributed by atoms with E-state index < -0.39 is 0 Å². The quantitative estimate of drug-likeness (QED) is 0.849. The van der Waals surface area contributed by atoms with Gasteiger partial charge < -0.3 is 5.73 Å². The Hall–Kier alpha value is -1.80. The van der Waals surface area contributed by atoms with Gasteiger partial charge in [-0.2, -0.15) is 0 Å². The van der Waals surface area contributed by atoms with Crippen molar-refractivity contribution in [1.29, 1.82) is 0 Å². The number of nitrogens with two attached hydrogens (primary N) is 1. The predicted octanol–water partition coefficient (Wildman–Crippen LogP) is 3.75. The summed E-state index contributed by atoms with van der Waals surface area (Å²) >= 11 is 0. The zero-order valence-corrected chi connectivity index (χ0v) is 13.2. The van der Waals surface area contributed by atoms with Gasteiger partial charge in [-0.15, -0.1) is 0 Å². The van der Waals surface area contributed by atoms with Crippen molar-refractivity contribution in [3.63, 3.8) is 0 Å². The van der Waals surface area contributed by atoms with Crippen LogP contribution in [0.15, 0.2) is 30.3 Å². The third-order valence-electron chi connectivity index (χ3n) is 4.73. The lowest BCUT2D eigenvalue weighted by atomic mass is 9.96. The molecule has 0 bridgehead atoms. The van der Waals surface area contributed by atoms with Crippen LogP contribution in [-0.2, 0) is 19.5 Å². The number of anilines is 1. The Balaban J connectivity index is 1.82. The third-order valence-corrected chi connectivity index (χ3v) is 4.73.